The van der Waals surface area contributed by atoms with E-state index in [0.29, 0.717) is 24.3 Å². The van der Waals surface area contributed by atoms with E-state index in [1.54, 1.807) is 35.4 Å². The fourth-order valence-corrected chi connectivity index (χ4v) is 6.46. The number of anilines is 1. The lowest BCUT2D eigenvalue weighted by Crippen LogP contribution is -2.33. The zero-order valence-electron chi connectivity index (χ0n) is 22.1. The van der Waals surface area contributed by atoms with Gasteiger partial charge in [-0.2, -0.15) is 4.31 Å². The van der Waals surface area contributed by atoms with Gasteiger partial charge in [0.25, 0.3) is 5.91 Å². The highest BCUT2D eigenvalue weighted by atomic mass is 32.2. The van der Waals surface area contributed by atoms with E-state index in [1.165, 1.54) is 16.3 Å². The van der Waals surface area contributed by atoms with Gasteiger partial charge in [0.2, 0.25) is 10.0 Å². The molecule has 1 amide bonds. The number of hydrogen-bond donors (Lipinski definition) is 1. The highest BCUT2D eigenvalue weighted by molar-refractivity contribution is 7.89. The van der Waals surface area contributed by atoms with Gasteiger partial charge in [0.1, 0.15) is 0 Å². The summed E-state index contributed by atoms with van der Waals surface area (Å²) in [6.45, 7) is 8.05. The summed E-state index contributed by atoms with van der Waals surface area (Å²) in [5.74, 6) is -0.207. The third-order valence-corrected chi connectivity index (χ3v) is 9.28. The Bertz CT molecular complexity index is 1230. The van der Waals surface area contributed by atoms with E-state index < -0.39 is 10.0 Å². The van der Waals surface area contributed by atoms with E-state index in [9.17, 15) is 13.2 Å². The summed E-state index contributed by atoms with van der Waals surface area (Å²) in [5, 5.41) is 2.88. The first-order valence-corrected chi connectivity index (χ1v) is 14.9. The second-order valence-corrected chi connectivity index (χ2v) is 11.8. The Kier molecular flexibility index (Phi) is 9.35. The van der Waals surface area contributed by atoms with Crippen LogP contribution in [-0.2, 0) is 16.4 Å². The molecule has 0 saturated carbocycles. The quantitative estimate of drug-likeness (QED) is 0.415. The highest BCUT2D eigenvalue weighted by Gasteiger charge is 2.22. The molecule has 198 valence electrons. The molecule has 1 aliphatic carbocycles. The molecule has 0 unspecified atom stereocenters. The molecule has 2 aromatic rings. The Morgan fingerprint density at radius 1 is 1.03 bits per heavy atom. The molecule has 1 heterocycles. The number of rotatable bonds is 11. The van der Waals surface area contributed by atoms with Crippen LogP contribution < -0.4 is 5.32 Å². The highest BCUT2D eigenvalue weighted by Crippen LogP contribution is 2.26. The van der Waals surface area contributed by atoms with Crippen LogP contribution in [0.5, 0.6) is 0 Å². The molecular formula is C30H39N3O3S. The summed E-state index contributed by atoms with van der Waals surface area (Å²) < 4.78 is 27.3. The molecule has 4 rings (SSSR count). The summed E-state index contributed by atoms with van der Waals surface area (Å²) in [6.07, 6.45) is 10.8. The molecule has 2 aromatic carbocycles. The molecule has 0 aromatic heterocycles. The number of sulfonamides is 1. The topological polar surface area (TPSA) is 69.7 Å². The third-order valence-electron chi connectivity index (χ3n) is 7.29. The molecule has 0 bridgehead atoms. The van der Waals surface area contributed by atoms with Crippen molar-refractivity contribution in [1.82, 2.24) is 9.21 Å². The van der Waals surface area contributed by atoms with Crippen LogP contribution in [0.25, 0.3) is 0 Å². The lowest BCUT2D eigenvalue weighted by molar-refractivity contribution is 0.102. The van der Waals surface area contributed by atoms with Gasteiger partial charge in [-0.15, -0.1) is 0 Å². The van der Waals surface area contributed by atoms with Crippen LogP contribution in [0, 0.1) is 0 Å². The summed E-state index contributed by atoms with van der Waals surface area (Å²) in [4.78, 5) is 15.5. The van der Waals surface area contributed by atoms with Crippen LogP contribution in [0.3, 0.4) is 0 Å². The summed E-state index contributed by atoms with van der Waals surface area (Å²) in [6, 6.07) is 14.2. The SMILES string of the molecule is CCCCN(CC)S(=O)(=O)c1ccc(NC(=O)c2ccc(CCN3CCC4=C(CCC=C4)C3)cc2)cc1. The van der Waals surface area contributed by atoms with Crippen molar-refractivity contribution >= 4 is 21.6 Å². The minimum Gasteiger partial charge on any atom is -0.322 e. The monoisotopic (exact) mass is 521 g/mol. The van der Waals surface area contributed by atoms with Crippen molar-refractivity contribution in [2.45, 2.75) is 57.3 Å². The first-order valence-electron chi connectivity index (χ1n) is 13.5. The Morgan fingerprint density at radius 2 is 1.78 bits per heavy atom. The van der Waals surface area contributed by atoms with Crippen LogP contribution in [-0.4, -0.2) is 56.3 Å². The Hall–Kier alpha value is -2.74. The van der Waals surface area contributed by atoms with Gasteiger partial charge in [0, 0.05) is 44.0 Å². The molecule has 0 fully saturated rings. The number of carbonyl (C=O) groups is 1. The van der Waals surface area contributed by atoms with Gasteiger partial charge in [0.15, 0.2) is 0 Å². The van der Waals surface area contributed by atoms with Gasteiger partial charge in [-0.05, 0) is 79.6 Å². The number of amides is 1. The maximum absolute atomic E-state index is 12.9. The number of allylic oxidation sites excluding steroid dienone is 2. The summed E-state index contributed by atoms with van der Waals surface area (Å²) in [5.41, 5.74) is 5.52. The fraction of sp³-hybridized carbons (Fsp3) is 0.433. The number of nitrogens with zero attached hydrogens (tertiary/aromatic N) is 2. The number of hydrogen-bond acceptors (Lipinski definition) is 4. The van der Waals surface area contributed by atoms with E-state index in [4.69, 9.17) is 0 Å². The molecular weight excluding hydrogens is 482 g/mol. The first kappa shape index (κ1) is 27.3. The lowest BCUT2D eigenvalue weighted by Gasteiger charge is -2.31. The van der Waals surface area contributed by atoms with Crippen LogP contribution >= 0.6 is 0 Å². The fourth-order valence-electron chi connectivity index (χ4n) is 4.98. The van der Waals surface area contributed by atoms with E-state index in [2.05, 4.69) is 22.4 Å². The van der Waals surface area contributed by atoms with E-state index in [0.717, 1.165) is 51.7 Å². The van der Waals surface area contributed by atoms with Crippen molar-refractivity contribution in [2.75, 3.05) is 38.0 Å². The Balaban J connectivity index is 1.30. The second-order valence-electron chi connectivity index (χ2n) is 9.87. The number of unbranched alkanes of at least 4 members (excludes halogenated alkanes) is 1. The van der Waals surface area contributed by atoms with Crippen molar-refractivity contribution in [1.29, 1.82) is 0 Å². The first-order chi connectivity index (χ1) is 17.9. The van der Waals surface area contributed by atoms with Crippen LogP contribution in [0.15, 0.2) is 76.7 Å². The molecule has 1 aliphatic heterocycles. The van der Waals surface area contributed by atoms with Gasteiger partial charge >= 0.3 is 0 Å². The number of nitrogens with one attached hydrogen (secondary N) is 1. The molecule has 7 heteroatoms. The molecule has 6 nitrogen and oxygen atoms in total. The minimum atomic E-state index is -3.53. The molecule has 0 atom stereocenters. The van der Waals surface area contributed by atoms with E-state index >= 15 is 0 Å². The van der Waals surface area contributed by atoms with Gasteiger partial charge in [-0.3, -0.25) is 9.69 Å². The van der Waals surface area contributed by atoms with Crippen molar-refractivity contribution in [3.05, 3.63) is 83.0 Å². The maximum Gasteiger partial charge on any atom is 0.255 e. The third kappa shape index (κ3) is 6.98. The Morgan fingerprint density at radius 3 is 2.49 bits per heavy atom. The average Bonchev–Trinajstić information content (AvgIpc) is 2.92. The van der Waals surface area contributed by atoms with Gasteiger partial charge < -0.3 is 5.32 Å². The van der Waals surface area contributed by atoms with Gasteiger partial charge in [-0.1, -0.05) is 50.1 Å². The van der Waals surface area contributed by atoms with Crippen molar-refractivity contribution in [3.8, 4) is 0 Å². The molecule has 0 spiro atoms. The standard InChI is InChI=1S/C30H39N3O3S/c1-3-5-20-33(4-2)37(35,36)29-16-14-28(15-17-29)31-30(34)26-12-10-24(11-13-26)18-21-32-22-19-25-8-6-7-9-27(25)23-32/h6,8,10-17H,3-5,7,9,18-23H2,1-2H3,(H,31,34). The van der Waals surface area contributed by atoms with Crippen molar-refractivity contribution in [3.63, 3.8) is 0 Å². The Labute approximate surface area is 222 Å². The lowest BCUT2D eigenvalue weighted by atomic mass is 9.92. The van der Waals surface area contributed by atoms with Crippen LogP contribution in [0.4, 0.5) is 5.69 Å². The largest absolute Gasteiger partial charge is 0.322 e. The average molecular weight is 522 g/mol. The zero-order valence-corrected chi connectivity index (χ0v) is 22.9. The molecule has 1 N–H and O–H groups in total. The minimum absolute atomic E-state index is 0.207. The van der Waals surface area contributed by atoms with Gasteiger partial charge in [0.05, 0.1) is 4.90 Å². The molecule has 2 aliphatic rings. The van der Waals surface area contributed by atoms with Crippen molar-refractivity contribution in [2.24, 2.45) is 0 Å². The molecule has 0 saturated heterocycles. The predicted octanol–water partition coefficient (Wildman–Crippen LogP) is 5.64. The zero-order chi connectivity index (χ0) is 26.3. The van der Waals surface area contributed by atoms with Gasteiger partial charge in [-0.25, -0.2) is 8.42 Å². The van der Waals surface area contributed by atoms with E-state index in [1.807, 2.05) is 38.1 Å². The molecule has 0 radical (unpaired) electrons. The summed E-state index contributed by atoms with van der Waals surface area (Å²) >= 11 is 0. The normalized spacial score (nSPS) is 16.2. The van der Waals surface area contributed by atoms with Crippen molar-refractivity contribution < 1.29 is 13.2 Å². The van der Waals surface area contributed by atoms with Crippen LogP contribution in [0.2, 0.25) is 0 Å². The molecule has 37 heavy (non-hydrogen) atoms. The second kappa shape index (κ2) is 12.7. The predicted molar refractivity (Wildman–Crippen MR) is 150 cm³/mol. The number of benzene rings is 2. The van der Waals surface area contributed by atoms with Crippen LogP contribution in [0.1, 0.15) is 61.9 Å². The van der Waals surface area contributed by atoms with E-state index in [-0.39, 0.29) is 10.8 Å². The maximum atomic E-state index is 12.9. The summed E-state index contributed by atoms with van der Waals surface area (Å²) in [7, 11) is -3.53. The smallest absolute Gasteiger partial charge is 0.255 e. The number of carbonyl (C=O) groups excluding carboxylic acids is 1.